The zero-order valence-corrected chi connectivity index (χ0v) is 28.5. The summed E-state index contributed by atoms with van der Waals surface area (Å²) in [4.78, 5) is 23.2. The number of aliphatic hydroxyl groups excluding tert-OH is 1. The van der Waals surface area contributed by atoms with E-state index in [4.69, 9.17) is 49.3 Å². The number of hydrogen-bond donors (Lipinski definition) is 3. The molecule has 1 amide bonds. The van der Waals surface area contributed by atoms with Crippen LogP contribution in [-0.4, -0.2) is 72.4 Å². The molecule has 0 radical (unpaired) electrons. The molecule has 1 saturated heterocycles. The van der Waals surface area contributed by atoms with Gasteiger partial charge in [0.1, 0.15) is 5.75 Å². The fraction of sp³-hybridized carbons (Fsp3) is 0.343. The number of nitrogens with zero attached hydrogens (tertiary/aromatic N) is 3. The van der Waals surface area contributed by atoms with Crippen LogP contribution in [0.1, 0.15) is 29.5 Å². The van der Waals surface area contributed by atoms with Crippen molar-refractivity contribution in [3.8, 4) is 45.3 Å². The topological polar surface area (TPSA) is 109 Å². The van der Waals surface area contributed by atoms with Gasteiger partial charge in [-0.05, 0) is 42.7 Å². The average molecular weight is 697 g/mol. The van der Waals surface area contributed by atoms with E-state index in [0.717, 1.165) is 53.0 Å². The van der Waals surface area contributed by atoms with Crippen molar-refractivity contribution >= 4 is 40.7 Å². The Balaban J connectivity index is 1.30. The first-order valence-electron chi connectivity index (χ1n) is 15.5. The van der Waals surface area contributed by atoms with Crippen molar-refractivity contribution in [2.45, 2.75) is 38.4 Å². The zero-order chi connectivity index (χ0) is 33.1. The second-order valence-electron chi connectivity index (χ2n) is 11.7. The van der Waals surface area contributed by atoms with Gasteiger partial charge in [0.05, 0.1) is 47.3 Å². The molecule has 0 unspecified atom stereocenters. The van der Waals surface area contributed by atoms with Gasteiger partial charge >= 0.3 is 0 Å². The molecular formula is C35H36Cl3N5O4. The number of fused-ring (bicyclic) bond motifs is 1. The number of β-amino-alcohol motifs (C(OH)–C–C–N with tert-alkyl or cyclic N) is 1. The fourth-order valence-corrected chi connectivity index (χ4v) is 7.21. The van der Waals surface area contributed by atoms with Gasteiger partial charge in [-0.15, -0.1) is 0 Å². The molecule has 12 heteroatoms. The number of methoxy groups -OCH3 is 2. The first-order valence-corrected chi connectivity index (χ1v) is 16.6. The lowest BCUT2D eigenvalue weighted by Gasteiger charge is -2.29. The predicted molar refractivity (Wildman–Crippen MR) is 185 cm³/mol. The zero-order valence-electron chi connectivity index (χ0n) is 26.2. The third kappa shape index (κ3) is 7.06. The number of hydrogen-bond acceptors (Lipinski definition) is 8. The summed E-state index contributed by atoms with van der Waals surface area (Å²) in [6.07, 6.45) is 3.91. The first-order chi connectivity index (χ1) is 22.8. The van der Waals surface area contributed by atoms with Crippen molar-refractivity contribution < 1.29 is 19.4 Å². The van der Waals surface area contributed by atoms with Crippen molar-refractivity contribution in [2.24, 2.45) is 0 Å². The third-order valence-electron chi connectivity index (χ3n) is 8.75. The lowest BCUT2D eigenvalue weighted by Crippen LogP contribution is -2.35. The Morgan fingerprint density at radius 2 is 1.85 bits per heavy atom. The number of carbonyl (C=O) groups is 1. The molecule has 0 bridgehead atoms. The van der Waals surface area contributed by atoms with Crippen molar-refractivity contribution in [1.29, 1.82) is 0 Å². The van der Waals surface area contributed by atoms with Crippen LogP contribution in [0.5, 0.6) is 11.6 Å². The number of amides is 1. The molecule has 9 nitrogen and oxygen atoms in total. The van der Waals surface area contributed by atoms with E-state index in [-0.39, 0.29) is 18.6 Å². The van der Waals surface area contributed by atoms with Gasteiger partial charge in [-0.25, -0.2) is 4.98 Å². The van der Waals surface area contributed by atoms with Crippen LogP contribution in [0.15, 0.2) is 48.7 Å². The number of carbonyl (C=O) groups excluding carboxylic acids is 1. The number of pyridine rings is 2. The monoisotopic (exact) mass is 695 g/mol. The fourth-order valence-electron chi connectivity index (χ4n) is 6.32. The van der Waals surface area contributed by atoms with Gasteiger partial charge in [-0.2, -0.15) is 0 Å². The standard InChI is InChI=1S/C35H36Cl3N5O4/c1-46-30-15-21(14-20-9-11-43(12-13-44)19-27(20)30)34-33(38)24(8-10-40-34)23-4-3-5-25(32(23)37)29-16-28(36)26(35(42-29)47-2)18-39-17-22-6-7-31(45)41-22/h3-5,8,10,14-16,22,39,44H,6-7,9,11-13,17-19H2,1-2H3,(H,41,45)/t22-/m0/s1. The second-order valence-corrected chi connectivity index (χ2v) is 12.8. The number of rotatable bonds is 11. The number of ether oxygens (including phenoxy) is 2. The summed E-state index contributed by atoms with van der Waals surface area (Å²) in [6, 6.07) is 13.5. The van der Waals surface area contributed by atoms with Crippen molar-refractivity contribution in [3.05, 3.63) is 80.4 Å². The minimum atomic E-state index is 0.0766. The minimum Gasteiger partial charge on any atom is -0.496 e. The Bertz CT molecular complexity index is 1790. The summed E-state index contributed by atoms with van der Waals surface area (Å²) in [7, 11) is 3.22. The highest BCUT2D eigenvalue weighted by atomic mass is 35.5. The van der Waals surface area contributed by atoms with Crippen LogP contribution in [0.2, 0.25) is 15.1 Å². The summed E-state index contributed by atoms with van der Waals surface area (Å²) < 4.78 is 11.4. The molecule has 0 saturated carbocycles. The van der Waals surface area contributed by atoms with E-state index in [2.05, 4.69) is 26.6 Å². The Morgan fingerprint density at radius 3 is 2.60 bits per heavy atom. The number of aromatic nitrogens is 2. The van der Waals surface area contributed by atoms with Gasteiger partial charge in [-0.1, -0.05) is 53.0 Å². The molecule has 47 heavy (non-hydrogen) atoms. The summed E-state index contributed by atoms with van der Waals surface area (Å²) in [6.45, 7) is 3.36. The van der Waals surface area contributed by atoms with Gasteiger partial charge in [0.2, 0.25) is 11.8 Å². The van der Waals surface area contributed by atoms with E-state index in [1.54, 1.807) is 26.5 Å². The Labute approximate surface area is 289 Å². The van der Waals surface area contributed by atoms with Crippen molar-refractivity contribution in [1.82, 2.24) is 25.5 Å². The number of benzene rings is 2. The maximum Gasteiger partial charge on any atom is 0.220 e. The second kappa shape index (κ2) is 14.8. The summed E-state index contributed by atoms with van der Waals surface area (Å²) in [5, 5.41) is 17.1. The highest BCUT2D eigenvalue weighted by Crippen LogP contribution is 2.43. The van der Waals surface area contributed by atoms with Crippen LogP contribution < -0.4 is 20.1 Å². The molecular weight excluding hydrogens is 661 g/mol. The molecule has 1 fully saturated rings. The van der Waals surface area contributed by atoms with Gasteiger partial charge in [0.15, 0.2) is 0 Å². The van der Waals surface area contributed by atoms with E-state index >= 15 is 0 Å². The van der Waals surface area contributed by atoms with E-state index < -0.39 is 0 Å². The normalized spacial score (nSPS) is 16.2. The molecule has 2 aliphatic rings. The van der Waals surface area contributed by atoms with Crippen molar-refractivity contribution in [2.75, 3.05) is 40.5 Å². The summed E-state index contributed by atoms with van der Waals surface area (Å²) in [5.74, 6) is 1.24. The van der Waals surface area contributed by atoms with Crippen molar-refractivity contribution in [3.63, 3.8) is 0 Å². The van der Waals surface area contributed by atoms with E-state index in [0.29, 0.717) is 70.5 Å². The quantitative estimate of drug-likeness (QED) is 0.171. The molecule has 1 atom stereocenters. The molecule has 2 aliphatic heterocycles. The van der Waals surface area contributed by atoms with E-state index in [1.807, 2.05) is 30.3 Å². The molecule has 246 valence electrons. The molecule has 2 aromatic carbocycles. The summed E-state index contributed by atoms with van der Waals surface area (Å²) >= 11 is 21.0. The van der Waals surface area contributed by atoms with Gasteiger partial charge in [0.25, 0.3) is 0 Å². The average Bonchev–Trinajstić information content (AvgIpc) is 3.50. The maximum atomic E-state index is 11.5. The predicted octanol–water partition coefficient (Wildman–Crippen LogP) is 6.17. The lowest BCUT2D eigenvalue weighted by molar-refractivity contribution is -0.119. The molecule has 0 spiro atoms. The van der Waals surface area contributed by atoms with Crippen LogP contribution in [0.4, 0.5) is 0 Å². The third-order valence-corrected chi connectivity index (χ3v) is 9.87. The Hall–Kier alpha value is -3.44. The van der Waals surface area contributed by atoms with Gasteiger partial charge in [-0.3, -0.25) is 14.7 Å². The Morgan fingerprint density at radius 1 is 1.04 bits per heavy atom. The molecule has 4 heterocycles. The SMILES string of the molecule is COc1cc(-c2nccc(-c3cccc(-c4cc(Cl)c(CNC[C@@H]5CCC(=O)N5)c(OC)n4)c3Cl)c2Cl)cc2c1CN(CCO)CC2. The van der Waals surface area contributed by atoms with E-state index in [1.165, 1.54) is 5.56 Å². The molecule has 3 N–H and O–H groups in total. The minimum absolute atomic E-state index is 0.0766. The van der Waals surface area contributed by atoms with Crippen LogP contribution in [0, 0.1) is 0 Å². The van der Waals surface area contributed by atoms with Crippen LogP contribution >= 0.6 is 34.8 Å². The first kappa shape index (κ1) is 33.5. The maximum absolute atomic E-state index is 11.5. The largest absolute Gasteiger partial charge is 0.496 e. The van der Waals surface area contributed by atoms with Gasteiger partial charge < -0.3 is 25.2 Å². The number of aliphatic hydroxyl groups is 1. The molecule has 0 aliphatic carbocycles. The molecule has 2 aromatic heterocycles. The van der Waals surface area contributed by atoms with Crippen LogP contribution in [0.3, 0.4) is 0 Å². The highest BCUT2D eigenvalue weighted by molar-refractivity contribution is 6.39. The molecule has 6 rings (SSSR count). The molecule has 4 aromatic rings. The Kier molecular flexibility index (Phi) is 10.5. The summed E-state index contributed by atoms with van der Waals surface area (Å²) in [5.41, 5.74) is 7.19. The number of nitrogens with one attached hydrogen (secondary N) is 2. The highest BCUT2D eigenvalue weighted by Gasteiger charge is 2.24. The number of halogens is 3. The van der Waals surface area contributed by atoms with E-state index in [9.17, 15) is 9.90 Å². The smallest absolute Gasteiger partial charge is 0.220 e. The van der Waals surface area contributed by atoms with Gasteiger partial charge in [0, 0.05) is 84.8 Å². The van der Waals surface area contributed by atoms with Crippen LogP contribution in [0.25, 0.3) is 33.6 Å². The van der Waals surface area contributed by atoms with Crippen LogP contribution in [-0.2, 0) is 24.3 Å². The lowest BCUT2D eigenvalue weighted by atomic mass is 9.94.